The van der Waals surface area contributed by atoms with Gasteiger partial charge < -0.3 is 42.6 Å². The zero-order chi connectivity index (χ0) is 46.6. The first-order valence-electron chi connectivity index (χ1n) is 20.8. The lowest BCUT2D eigenvalue weighted by molar-refractivity contribution is 0.111. The van der Waals surface area contributed by atoms with Crippen LogP contribution in [-0.2, 0) is 19.3 Å². The van der Waals surface area contributed by atoms with E-state index in [-0.39, 0.29) is 54.7 Å². The number of hydrogen-bond acceptors (Lipinski definition) is 12. The Morgan fingerprint density at radius 2 is 0.636 bits per heavy atom. The van der Waals surface area contributed by atoms with Crippen molar-refractivity contribution in [3.63, 3.8) is 0 Å². The fraction of sp³-hybridized carbons (Fsp3) is 0.235. The second-order valence-electron chi connectivity index (χ2n) is 14.7. The van der Waals surface area contributed by atoms with Crippen molar-refractivity contribution in [2.75, 3.05) is 61.0 Å². The maximum absolute atomic E-state index is 11.4. The molecule has 0 atom stereocenters. The minimum atomic E-state index is 0.144. The summed E-state index contributed by atoms with van der Waals surface area (Å²) in [5.41, 5.74) is 6.49. The van der Waals surface area contributed by atoms with Crippen LogP contribution in [-0.4, -0.2) is 79.8 Å². The molecule has 342 valence electrons. The van der Waals surface area contributed by atoms with E-state index in [1.165, 1.54) is 0 Å². The summed E-state index contributed by atoms with van der Waals surface area (Å²) in [5, 5.41) is 0.690. The highest BCUT2D eigenvalue weighted by Gasteiger charge is 2.27. The predicted molar refractivity (Wildman–Crippen MR) is 251 cm³/mol. The average molecular weight is 956 g/mol. The van der Waals surface area contributed by atoms with Crippen LogP contribution in [0.5, 0.6) is 51.7 Å². The third kappa shape index (κ3) is 10.6. The molecule has 0 spiro atoms. The van der Waals surface area contributed by atoms with Gasteiger partial charge in [0.1, 0.15) is 56.9 Å². The third-order valence-electron chi connectivity index (χ3n) is 10.8. The Balaban J connectivity index is 1.20. The molecule has 0 aromatic heterocycles. The monoisotopic (exact) mass is 954 g/mol. The molecule has 0 amide bonds. The van der Waals surface area contributed by atoms with Crippen molar-refractivity contribution in [1.29, 1.82) is 0 Å². The standard InChI is InChI=1S/C51H45Cl3O12/c1-58-49-37-25-32-14-17-44(65-23-20-62-41-11-5-8-35(29-56)47(41)53)51(60-3)39(32)27-33-15-18-45(66-24-21-63-42-12-6-9-36(30-57)48(42)54)50(59-2)38(33)26-31(37)13-16-43(49)64-22-19-61-40-10-4-7-34(28-55)46(40)52/h4-18,28-30H,19-27H2,1-3H3. The van der Waals surface area contributed by atoms with Crippen LogP contribution >= 0.6 is 34.8 Å². The molecule has 0 saturated heterocycles. The van der Waals surface area contributed by atoms with Gasteiger partial charge in [-0.2, -0.15) is 0 Å². The highest BCUT2D eigenvalue weighted by atomic mass is 35.5. The lowest BCUT2D eigenvalue weighted by Crippen LogP contribution is -2.12. The molecule has 0 radical (unpaired) electrons. The SMILES string of the molecule is COc1c(OCCOc2cccc(C=O)c2Cl)ccc2c1Cc1ccc(OCCOc3cccc(C=O)c3Cl)c(OC)c1Cc1ccc(OCCOc3cccc(C=O)c3Cl)c(OC)c1C2. The summed E-state index contributed by atoms with van der Waals surface area (Å²) in [6.45, 7) is 0.878. The van der Waals surface area contributed by atoms with E-state index in [0.29, 0.717) is 107 Å². The molecule has 66 heavy (non-hydrogen) atoms. The number of carbonyl (C=O) groups is 3. The van der Waals surface area contributed by atoms with Crippen LogP contribution in [0, 0.1) is 0 Å². The largest absolute Gasteiger partial charge is 0.493 e. The third-order valence-corrected chi connectivity index (χ3v) is 12.0. The molecule has 6 aromatic rings. The van der Waals surface area contributed by atoms with Crippen LogP contribution in [0.1, 0.15) is 64.5 Å². The normalized spacial score (nSPS) is 11.5. The van der Waals surface area contributed by atoms with Gasteiger partial charge in [-0.25, -0.2) is 0 Å². The van der Waals surface area contributed by atoms with E-state index < -0.39 is 0 Å². The van der Waals surface area contributed by atoms with Crippen LogP contribution in [0.2, 0.25) is 15.1 Å². The van der Waals surface area contributed by atoms with Crippen LogP contribution in [0.15, 0.2) is 91.0 Å². The number of benzene rings is 6. The Kier molecular flexibility index (Phi) is 16.2. The molecule has 0 bridgehead atoms. The number of ether oxygens (including phenoxy) is 9. The molecule has 6 aromatic carbocycles. The molecule has 12 nitrogen and oxygen atoms in total. The lowest BCUT2D eigenvalue weighted by atomic mass is 9.93. The van der Waals surface area contributed by atoms with Crippen LogP contribution < -0.4 is 42.6 Å². The molecule has 15 heteroatoms. The van der Waals surface area contributed by atoms with Crippen molar-refractivity contribution >= 4 is 53.7 Å². The fourth-order valence-electron chi connectivity index (χ4n) is 7.70. The second-order valence-corrected chi connectivity index (χ2v) is 15.8. The maximum atomic E-state index is 11.4. The molecule has 0 N–H and O–H groups in total. The van der Waals surface area contributed by atoms with Gasteiger partial charge in [0.2, 0.25) is 0 Å². The highest BCUT2D eigenvalue weighted by molar-refractivity contribution is 6.35. The first kappa shape index (κ1) is 47.4. The van der Waals surface area contributed by atoms with Gasteiger partial charge >= 0.3 is 0 Å². The van der Waals surface area contributed by atoms with Gasteiger partial charge in [0, 0.05) is 52.6 Å². The van der Waals surface area contributed by atoms with Crippen molar-refractivity contribution in [3.05, 3.63) is 156 Å². The molecule has 1 aliphatic rings. The Labute approximate surface area is 397 Å². The van der Waals surface area contributed by atoms with Crippen LogP contribution in [0.25, 0.3) is 0 Å². The summed E-state index contributed by atoms with van der Waals surface area (Å²) in [4.78, 5) is 34.2. The molecule has 0 unspecified atom stereocenters. The second kappa shape index (κ2) is 22.5. The number of carbonyl (C=O) groups excluding carboxylic acids is 3. The van der Waals surface area contributed by atoms with Gasteiger partial charge in [-0.15, -0.1) is 0 Å². The van der Waals surface area contributed by atoms with E-state index in [9.17, 15) is 14.4 Å². The topological polar surface area (TPSA) is 134 Å². The Bertz CT molecular complexity index is 2430. The van der Waals surface area contributed by atoms with Gasteiger partial charge in [-0.1, -0.05) is 71.2 Å². The lowest BCUT2D eigenvalue weighted by Gasteiger charge is -2.20. The maximum Gasteiger partial charge on any atom is 0.164 e. The summed E-state index contributed by atoms with van der Waals surface area (Å²) in [6.07, 6.45) is 3.34. The summed E-state index contributed by atoms with van der Waals surface area (Å²) in [7, 11) is 4.80. The predicted octanol–water partition coefficient (Wildman–Crippen LogP) is 10.6. The van der Waals surface area contributed by atoms with Crippen molar-refractivity contribution in [3.8, 4) is 51.7 Å². The Morgan fingerprint density at radius 1 is 0.379 bits per heavy atom. The van der Waals surface area contributed by atoms with E-state index in [1.54, 1.807) is 75.9 Å². The summed E-state index contributed by atoms with van der Waals surface area (Å²) < 4.78 is 54.9. The van der Waals surface area contributed by atoms with Crippen molar-refractivity contribution in [2.24, 2.45) is 0 Å². The number of halogens is 3. The van der Waals surface area contributed by atoms with E-state index in [1.807, 2.05) is 36.4 Å². The Hall–Kier alpha value is -6.60. The Morgan fingerprint density at radius 3 is 0.879 bits per heavy atom. The molecule has 0 heterocycles. The summed E-state index contributed by atoms with van der Waals surface area (Å²) >= 11 is 19.1. The summed E-state index contributed by atoms with van der Waals surface area (Å²) in [5.74, 6) is 4.25. The minimum Gasteiger partial charge on any atom is -0.493 e. The highest BCUT2D eigenvalue weighted by Crippen LogP contribution is 2.45. The van der Waals surface area contributed by atoms with Gasteiger partial charge in [-0.3, -0.25) is 14.4 Å². The fourth-order valence-corrected chi connectivity index (χ4v) is 8.38. The molecular weight excluding hydrogens is 911 g/mol. The van der Waals surface area contributed by atoms with Gasteiger partial charge in [-0.05, 0) is 71.3 Å². The van der Waals surface area contributed by atoms with Crippen molar-refractivity contribution in [2.45, 2.75) is 19.3 Å². The molecule has 7 rings (SSSR count). The van der Waals surface area contributed by atoms with E-state index in [4.69, 9.17) is 77.4 Å². The zero-order valence-electron chi connectivity index (χ0n) is 36.3. The average Bonchev–Trinajstić information content (AvgIpc) is 3.40. The number of rotatable bonds is 21. The number of aldehydes is 3. The van der Waals surface area contributed by atoms with Gasteiger partial charge in [0.15, 0.2) is 53.4 Å². The van der Waals surface area contributed by atoms with Gasteiger partial charge in [0.25, 0.3) is 0 Å². The molecule has 0 fully saturated rings. The van der Waals surface area contributed by atoms with E-state index in [0.717, 1.165) is 33.4 Å². The molecule has 0 aliphatic heterocycles. The number of hydrogen-bond donors (Lipinski definition) is 0. The molecule has 0 saturated carbocycles. The summed E-state index contributed by atoms with van der Waals surface area (Å²) in [6, 6.07) is 26.6. The first-order valence-corrected chi connectivity index (χ1v) is 21.9. The van der Waals surface area contributed by atoms with Crippen LogP contribution in [0.3, 0.4) is 0 Å². The first-order chi connectivity index (χ1) is 32.2. The quantitative estimate of drug-likeness (QED) is 0.0501. The van der Waals surface area contributed by atoms with Crippen molar-refractivity contribution < 1.29 is 57.0 Å². The minimum absolute atomic E-state index is 0.144. The molecular formula is C51H45Cl3O12. The smallest absolute Gasteiger partial charge is 0.164 e. The number of methoxy groups -OCH3 is 3. The number of fused-ring (bicyclic) bond motifs is 3. The van der Waals surface area contributed by atoms with Crippen LogP contribution in [0.4, 0.5) is 0 Å². The van der Waals surface area contributed by atoms with E-state index in [2.05, 4.69) is 0 Å². The van der Waals surface area contributed by atoms with Crippen molar-refractivity contribution in [1.82, 2.24) is 0 Å². The van der Waals surface area contributed by atoms with Gasteiger partial charge in [0.05, 0.1) is 36.4 Å². The van der Waals surface area contributed by atoms with E-state index >= 15 is 0 Å². The molecule has 1 aliphatic carbocycles. The zero-order valence-corrected chi connectivity index (χ0v) is 38.6.